The Morgan fingerprint density at radius 3 is 2.50 bits per heavy atom. The van der Waals surface area contributed by atoms with Gasteiger partial charge in [-0.25, -0.2) is 0 Å². The molecule has 0 aliphatic carbocycles. The van der Waals surface area contributed by atoms with Crippen molar-refractivity contribution in [3.8, 4) is 0 Å². The van der Waals surface area contributed by atoms with Crippen LogP contribution in [0.1, 0.15) is 0 Å². The van der Waals surface area contributed by atoms with E-state index in [1.165, 1.54) is 0 Å². The van der Waals surface area contributed by atoms with E-state index in [2.05, 4.69) is 4.74 Å². The van der Waals surface area contributed by atoms with E-state index in [-0.39, 0.29) is 12.4 Å². The van der Waals surface area contributed by atoms with Crippen LogP contribution >= 0.6 is 12.4 Å². The topological polar surface area (TPSA) is 44.5 Å². The average Bonchev–Trinajstić information content (AvgIpc) is 1.69. The summed E-state index contributed by atoms with van der Waals surface area (Å²) in [6.45, 7) is 1.48. The second-order valence-corrected chi connectivity index (χ2v) is 1.10. The SMILES string of the molecule is COCOCCN.Cl. The minimum Gasteiger partial charge on any atom is -0.359 e. The van der Waals surface area contributed by atoms with Crippen LogP contribution < -0.4 is 5.73 Å². The lowest BCUT2D eigenvalue weighted by atomic mass is 10.7. The first-order chi connectivity index (χ1) is 3.41. The van der Waals surface area contributed by atoms with Crippen molar-refractivity contribution < 1.29 is 9.47 Å². The van der Waals surface area contributed by atoms with E-state index in [9.17, 15) is 0 Å². The summed E-state index contributed by atoms with van der Waals surface area (Å²) in [4.78, 5) is 0. The summed E-state index contributed by atoms with van der Waals surface area (Å²) in [6.07, 6.45) is 0. The van der Waals surface area contributed by atoms with Gasteiger partial charge in [0.2, 0.25) is 0 Å². The lowest BCUT2D eigenvalue weighted by Gasteiger charge is -1.96. The minimum absolute atomic E-state index is 0. The second-order valence-electron chi connectivity index (χ2n) is 1.10. The summed E-state index contributed by atoms with van der Waals surface area (Å²) >= 11 is 0. The number of hydrogen-bond donors (Lipinski definition) is 1. The highest BCUT2D eigenvalue weighted by Crippen LogP contribution is 1.69. The number of hydrogen-bond acceptors (Lipinski definition) is 3. The second kappa shape index (κ2) is 10.2. The molecule has 0 unspecified atom stereocenters. The van der Waals surface area contributed by atoms with E-state index in [1.54, 1.807) is 7.11 Å². The Hall–Kier alpha value is 0.170. The van der Waals surface area contributed by atoms with E-state index in [0.717, 1.165) is 0 Å². The summed E-state index contributed by atoms with van der Waals surface area (Å²) in [7, 11) is 1.58. The van der Waals surface area contributed by atoms with Gasteiger partial charge in [-0.15, -0.1) is 12.4 Å². The molecule has 0 aromatic rings. The molecular formula is C4H12ClNO2. The fraction of sp³-hybridized carbons (Fsp3) is 1.00. The molecule has 0 aliphatic rings. The molecule has 8 heavy (non-hydrogen) atoms. The number of ether oxygens (including phenoxy) is 2. The maximum atomic E-state index is 5.09. The van der Waals surface area contributed by atoms with Crippen molar-refractivity contribution in [1.82, 2.24) is 0 Å². The van der Waals surface area contributed by atoms with Gasteiger partial charge in [0, 0.05) is 13.7 Å². The molecule has 0 radical (unpaired) electrons. The van der Waals surface area contributed by atoms with E-state index in [4.69, 9.17) is 10.5 Å². The average molecular weight is 142 g/mol. The largest absolute Gasteiger partial charge is 0.359 e. The van der Waals surface area contributed by atoms with E-state index in [0.29, 0.717) is 19.9 Å². The molecule has 0 aromatic heterocycles. The summed E-state index contributed by atoms with van der Waals surface area (Å²) in [5.41, 5.74) is 5.09. The molecular weight excluding hydrogens is 130 g/mol. The van der Waals surface area contributed by atoms with Crippen LogP contribution in [-0.4, -0.2) is 27.1 Å². The normalized spacial score (nSPS) is 8.25. The molecule has 0 bridgehead atoms. The van der Waals surface area contributed by atoms with E-state index >= 15 is 0 Å². The van der Waals surface area contributed by atoms with Crippen LogP contribution in [0.15, 0.2) is 0 Å². The minimum atomic E-state index is 0. The van der Waals surface area contributed by atoms with Crippen LogP contribution in [0.3, 0.4) is 0 Å². The van der Waals surface area contributed by atoms with Crippen molar-refractivity contribution >= 4 is 12.4 Å². The zero-order valence-electron chi connectivity index (χ0n) is 4.92. The van der Waals surface area contributed by atoms with Crippen molar-refractivity contribution in [2.45, 2.75) is 0 Å². The monoisotopic (exact) mass is 141 g/mol. The summed E-state index contributed by atoms with van der Waals surface area (Å²) in [5, 5.41) is 0. The van der Waals surface area contributed by atoms with Gasteiger partial charge in [-0.3, -0.25) is 0 Å². The molecule has 0 saturated carbocycles. The summed E-state index contributed by atoms with van der Waals surface area (Å²) in [5.74, 6) is 0. The molecule has 2 N–H and O–H groups in total. The lowest BCUT2D eigenvalue weighted by Crippen LogP contribution is -2.09. The standard InChI is InChI=1S/C4H11NO2.ClH/c1-6-4-7-3-2-5;/h2-5H2,1H3;1H. The summed E-state index contributed by atoms with van der Waals surface area (Å²) in [6, 6.07) is 0. The van der Waals surface area contributed by atoms with Gasteiger partial charge in [-0.1, -0.05) is 0 Å². The van der Waals surface area contributed by atoms with Crippen molar-refractivity contribution in [1.29, 1.82) is 0 Å². The summed E-state index contributed by atoms with van der Waals surface area (Å²) < 4.78 is 9.35. The Balaban J connectivity index is 0. The first-order valence-electron chi connectivity index (χ1n) is 2.18. The molecule has 0 rings (SSSR count). The third-order valence-corrected chi connectivity index (χ3v) is 0.463. The Kier molecular flexibility index (Phi) is 14.1. The molecule has 0 amide bonds. The number of halogens is 1. The van der Waals surface area contributed by atoms with Gasteiger partial charge in [0.25, 0.3) is 0 Å². The van der Waals surface area contributed by atoms with Gasteiger partial charge in [0.05, 0.1) is 6.61 Å². The van der Waals surface area contributed by atoms with Gasteiger partial charge in [-0.2, -0.15) is 0 Å². The van der Waals surface area contributed by atoms with Crippen molar-refractivity contribution in [3.63, 3.8) is 0 Å². The third kappa shape index (κ3) is 9.48. The maximum Gasteiger partial charge on any atom is 0.146 e. The van der Waals surface area contributed by atoms with Gasteiger partial charge >= 0.3 is 0 Å². The van der Waals surface area contributed by atoms with Gasteiger partial charge in [0.1, 0.15) is 6.79 Å². The van der Waals surface area contributed by atoms with Crippen LogP contribution in [0.5, 0.6) is 0 Å². The van der Waals surface area contributed by atoms with Gasteiger partial charge < -0.3 is 15.2 Å². The Bertz CT molecular complexity index is 33.2. The zero-order valence-corrected chi connectivity index (χ0v) is 5.74. The molecule has 0 aliphatic heterocycles. The first kappa shape index (κ1) is 11.0. The Morgan fingerprint density at radius 1 is 1.50 bits per heavy atom. The predicted octanol–water partition coefficient (Wildman–Crippen LogP) is -0.0126. The fourth-order valence-corrected chi connectivity index (χ4v) is 0.226. The molecule has 0 atom stereocenters. The van der Waals surface area contributed by atoms with Crippen LogP contribution in [0.4, 0.5) is 0 Å². The number of nitrogens with two attached hydrogens (primary N) is 1. The van der Waals surface area contributed by atoms with Crippen molar-refractivity contribution in [3.05, 3.63) is 0 Å². The van der Waals surface area contributed by atoms with Gasteiger partial charge in [0.15, 0.2) is 0 Å². The van der Waals surface area contributed by atoms with E-state index in [1.807, 2.05) is 0 Å². The molecule has 0 spiro atoms. The molecule has 52 valence electrons. The predicted molar refractivity (Wildman–Crippen MR) is 34.1 cm³/mol. The van der Waals surface area contributed by atoms with Crippen LogP contribution in [0, 0.1) is 0 Å². The molecule has 0 fully saturated rings. The maximum absolute atomic E-state index is 5.09. The zero-order chi connectivity index (χ0) is 5.54. The highest BCUT2D eigenvalue weighted by molar-refractivity contribution is 5.85. The van der Waals surface area contributed by atoms with Crippen LogP contribution in [0.2, 0.25) is 0 Å². The highest BCUT2D eigenvalue weighted by atomic mass is 35.5. The first-order valence-corrected chi connectivity index (χ1v) is 2.18. The van der Waals surface area contributed by atoms with Crippen molar-refractivity contribution in [2.75, 3.05) is 27.1 Å². The molecule has 4 heteroatoms. The number of methoxy groups -OCH3 is 1. The fourth-order valence-electron chi connectivity index (χ4n) is 0.226. The Morgan fingerprint density at radius 2 is 2.12 bits per heavy atom. The van der Waals surface area contributed by atoms with Crippen LogP contribution in [0.25, 0.3) is 0 Å². The molecule has 0 heterocycles. The third-order valence-electron chi connectivity index (χ3n) is 0.463. The molecule has 3 nitrogen and oxygen atoms in total. The smallest absolute Gasteiger partial charge is 0.146 e. The quantitative estimate of drug-likeness (QED) is 0.443. The van der Waals surface area contributed by atoms with Gasteiger partial charge in [-0.05, 0) is 0 Å². The lowest BCUT2D eigenvalue weighted by molar-refractivity contribution is -0.0271. The van der Waals surface area contributed by atoms with E-state index < -0.39 is 0 Å². The Labute approximate surface area is 55.6 Å². The van der Waals surface area contributed by atoms with Crippen molar-refractivity contribution in [2.24, 2.45) is 5.73 Å². The van der Waals surface area contributed by atoms with Crippen LogP contribution in [-0.2, 0) is 9.47 Å². The molecule has 0 aromatic carbocycles. The highest BCUT2D eigenvalue weighted by Gasteiger charge is 1.77. The number of rotatable bonds is 4. The molecule has 0 saturated heterocycles.